The number of hydrogen-bond donors (Lipinski definition) is 1. The van der Waals surface area contributed by atoms with Crippen LogP contribution in [0.5, 0.6) is 0 Å². The second kappa shape index (κ2) is 12.2. The summed E-state index contributed by atoms with van der Waals surface area (Å²) >= 11 is 3.49. The van der Waals surface area contributed by atoms with Crippen molar-refractivity contribution in [2.75, 3.05) is 40.0 Å². The van der Waals surface area contributed by atoms with Gasteiger partial charge >= 0.3 is 0 Å². The molecule has 0 bridgehead atoms. The Kier molecular flexibility index (Phi) is 10.8. The van der Waals surface area contributed by atoms with E-state index >= 15 is 0 Å². The number of benzene rings is 1. The zero-order valence-electron chi connectivity index (χ0n) is 13.2. The van der Waals surface area contributed by atoms with Crippen LogP contribution >= 0.6 is 15.9 Å². The van der Waals surface area contributed by atoms with Crippen molar-refractivity contribution in [2.24, 2.45) is 5.92 Å². The van der Waals surface area contributed by atoms with E-state index in [0.717, 1.165) is 37.0 Å². The number of hydrogen-bond acceptors (Lipinski definition) is 3. The van der Waals surface area contributed by atoms with Gasteiger partial charge in [-0.15, -0.1) is 0 Å². The van der Waals surface area contributed by atoms with Crippen LogP contribution in [0.25, 0.3) is 0 Å². The van der Waals surface area contributed by atoms with Crippen molar-refractivity contribution in [2.45, 2.75) is 26.2 Å². The van der Waals surface area contributed by atoms with Crippen LogP contribution in [-0.4, -0.2) is 40.0 Å². The molecule has 0 aliphatic rings. The first-order chi connectivity index (χ1) is 10.3. The molecule has 0 fully saturated rings. The van der Waals surface area contributed by atoms with Crippen LogP contribution in [0.1, 0.15) is 25.3 Å². The standard InChI is InChI=1S/C17H28BrNO2/c1-3-19-14-16(5-4-10-21-12-11-20-2)13-15-6-8-17(18)9-7-15/h6-9,16,19H,3-5,10-14H2,1-2H3. The van der Waals surface area contributed by atoms with E-state index in [1.54, 1.807) is 7.11 Å². The van der Waals surface area contributed by atoms with E-state index in [4.69, 9.17) is 9.47 Å². The van der Waals surface area contributed by atoms with Crippen LogP contribution in [0.2, 0.25) is 0 Å². The number of halogens is 1. The molecule has 0 aliphatic heterocycles. The van der Waals surface area contributed by atoms with Gasteiger partial charge in [-0.25, -0.2) is 0 Å². The molecule has 0 spiro atoms. The van der Waals surface area contributed by atoms with E-state index in [2.05, 4.69) is 52.4 Å². The predicted octanol–water partition coefficient (Wildman–Crippen LogP) is 3.66. The van der Waals surface area contributed by atoms with Gasteiger partial charge in [0.05, 0.1) is 13.2 Å². The summed E-state index contributed by atoms with van der Waals surface area (Å²) in [7, 11) is 1.70. The van der Waals surface area contributed by atoms with Gasteiger partial charge in [-0.1, -0.05) is 35.0 Å². The zero-order chi connectivity index (χ0) is 15.3. The molecule has 0 aromatic heterocycles. The number of ether oxygens (including phenoxy) is 2. The van der Waals surface area contributed by atoms with E-state index in [1.807, 2.05) is 0 Å². The van der Waals surface area contributed by atoms with Gasteiger partial charge in [-0.05, 0) is 56.0 Å². The maximum Gasteiger partial charge on any atom is 0.0700 e. The molecular formula is C17H28BrNO2. The third-order valence-electron chi connectivity index (χ3n) is 3.45. The Morgan fingerprint density at radius 2 is 1.90 bits per heavy atom. The molecule has 1 unspecified atom stereocenters. The van der Waals surface area contributed by atoms with Gasteiger partial charge in [0, 0.05) is 18.2 Å². The normalized spacial score (nSPS) is 12.5. The molecule has 3 nitrogen and oxygen atoms in total. The van der Waals surface area contributed by atoms with E-state index in [9.17, 15) is 0 Å². The summed E-state index contributed by atoms with van der Waals surface area (Å²) in [6.07, 6.45) is 3.42. The van der Waals surface area contributed by atoms with Gasteiger partial charge in [0.2, 0.25) is 0 Å². The second-order valence-electron chi connectivity index (χ2n) is 5.25. The van der Waals surface area contributed by atoms with Gasteiger partial charge < -0.3 is 14.8 Å². The highest BCUT2D eigenvalue weighted by Gasteiger charge is 2.09. The van der Waals surface area contributed by atoms with Crippen LogP contribution < -0.4 is 5.32 Å². The minimum absolute atomic E-state index is 0.664. The Hall–Kier alpha value is -0.420. The summed E-state index contributed by atoms with van der Waals surface area (Å²) in [6.45, 7) is 6.46. The Labute approximate surface area is 137 Å². The van der Waals surface area contributed by atoms with Gasteiger partial charge in [0.1, 0.15) is 0 Å². The maximum absolute atomic E-state index is 5.54. The fraction of sp³-hybridized carbons (Fsp3) is 0.647. The van der Waals surface area contributed by atoms with Crippen LogP contribution in [0.3, 0.4) is 0 Å². The van der Waals surface area contributed by atoms with Crippen molar-refractivity contribution in [3.63, 3.8) is 0 Å². The van der Waals surface area contributed by atoms with Gasteiger partial charge in [0.25, 0.3) is 0 Å². The molecule has 0 radical (unpaired) electrons. The average molecular weight is 358 g/mol. The molecule has 1 rings (SSSR count). The van der Waals surface area contributed by atoms with Gasteiger partial charge in [0.15, 0.2) is 0 Å². The number of nitrogens with one attached hydrogen (secondary N) is 1. The summed E-state index contributed by atoms with van der Waals surface area (Å²) in [5.41, 5.74) is 1.40. The maximum atomic E-state index is 5.54. The molecule has 0 amide bonds. The predicted molar refractivity (Wildman–Crippen MR) is 91.8 cm³/mol. The molecule has 1 atom stereocenters. The molecule has 0 heterocycles. The highest BCUT2D eigenvalue weighted by molar-refractivity contribution is 9.10. The van der Waals surface area contributed by atoms with E-state index < -0.39 is 0 Å². The Morgan fingerprint density at radius 1 is 1.14 bits per heavy atom. The van der Waals surface area contributed by atoms with Crippen LogP contribution in [0, 0.1) is 5.92 Å². The fourth-order valence-corrected chi connectivity index (χ4v) is 2.56. The molecule has 1 aromatic carbocycles. The SMILES string of the molecule is CCNCC(CCCOCCOC)Cc1ccc(Br)cc1. The highest BCUT2D eigenvalue weighted by Crippen LogP contribution is 2.17. The third-order valence-corrected chi connectivity index (χ3v) is 3.98. The van der Waals surface area contributed by atoms with E-state index in [0.29, 0.717) is 19.1 Å². The minimum atomic E-state index is 0.664. The third kappa shape index (κ3) is 9.25. The molecule has 21 heavy (non-hydrogen) atoms. The monoisotopic (exact) mass is 357 g/mol. The highest BCUT2D eigenvalue weighted by atomic mass is 79.9. The first kappa shape index (κ1) is 18.6. The average Bonchev–Trinajstić information content (AvgIpc) is 2.50. The lowest BCUT2D eigenvalue weighted by Crippen LogP contribution is -2.24. The summed E-state index contributed by atoms with van der Waals surface area (Å²) in [6, 6.07) is 8.65. The molecule has 0 saturated carbocycles. The molecule has 0 saturated heterocycles. The van der Waals surface area contributed by atoms with E-state index in [-0.39, 0.29) is 0 Å². The lowest BCUT2D eigenvalue weighted by atomic mass is 9.95. The molecular weight excluding hydrogens is 330 g/mol. The molecule has 0 aliphatic carbocycles. The Balaban J connectivity index is 2.31. The van der Waals surface area contributed by atoms with Crippen molar-refractivity contribution in [3.8, 4) is 0 Å². The first-order valence-corrected chi connectivity index (χ1v) is 8.57. The lowest BCUT2D eigenvalue weighted by Gasteiger charge is -2.17. The fourth-order valence-electron chi connectivity index (χ4n) is 2.30. The Morgan fingerprint density at radius 3 is 2.57 bits per heavy atom. The van der Waals surface area contributed by atoms with Crippen LogP contribution in [0.15, 0.2) is 28.7 Å². The summed E-state index contributed by atoms with van der Waals surface area (Å²) in [4.78, 5) is 0. The topological polar surface area (TPSA) is 30.5 Å². The van der Waals surface area contributed by atoms with E-state index in [1.165, 1.54) is 12.0 Å². The lowest BCUT2D eigenvalue weighted by molar-refractivity contribution is 0.0672. The smallest absolute Gasteiger partial charge is 0.0700 e. The van der Waals surface area contributed by atoms with Crippen molar-refractivity contribution in [1.29, 1.82) is 0 Å². The molecule has 4 heteroatoms. The van der Waals surface area contributed by atoms with Crippen LogP contribution in [0.4, 0.5) is 0 Å². The zero-order valence-corrected chi connectivity index (χ0v) is 14.8. The molecule has 120 valence electrons. The van der Waals surface area contributed by atoms with Crippen molar-refractivity contribution in [1.82, 2.24) is 5.32 Å². The molecule has 1 aromatic rings. The van der Waals surface area contributed by atoms with Crippen LogP contribution in [-0.2, 0) is 15.9 Å². The first-order valence-electron chi connectivity index (χ1n) is 7.78. The minimum Gasteiger partial charge on any atom is -0.382 e. The summed E-state index contributed by atoms with van der Waals surface area (Å²) in [5.74, 6) is 0.664. The Bertz CT molecular complexity index is 356. The van der Waals surface area contributed by atoms with Gasteiger partial charge in [-0.3, -0.25) is 0 Å². The quantitative estimate of drug-likeness (QED) is 0.579. The van der Waals surface area contributed by atoms with Crippen molar-refractivity contribution in [3.05, 3.63) is 34.3 Å². The molecule has 1 N–H and O–H groups in total. The second-order valence-corrected chi connectivity index (χ2v) is 6.17. The van der Waals surface area contributed by atoms with Crippen molar-refractivity contribution >= 4 is 15.9 Å². The number of rotatable bonds is 12. The number of methoxy groups -OCH3 is 1. The van der Waals surface area contributed by atoms with Crippen molar-refractivity contribution < 1.29 is 9.47 Å². The summed E-state index contributed by atoms with van der Waals surface area (Å²) in [5, 5.41) is 3.47. The summed E-state index contributed by atoms with van der Waals surface area (Å²) < 4.78 is 11.7. The van der Waals surface area contributed by atoms with Gasteiger partial charge in [-0.2, -0.15) is 0 Å². The largest absolute Gasteiger partial charge is 0.382 e.